The van der Waals surface area contributed by atoms with Crippen molar-refractivity contribution >= 4 is 0 Å². The summed E-state index contributed by atoms with van der Waals surface area (Å²) in [5.41, 5.74) is 2.08. The molecule has 5 heteroatoms. The summed E-state index contributed by atoms with van der Waals surface area (Å²) in [6.07, 6.45) is 8.34. The summed E-state index contributed by atoms with van der Waals surface area (Å²) in [6, 6.07) is 0. The summed E-state index contributed by atoms with van der Waals surface area (Å²) in [4.78, 5) is 3.98. The van der Waals surface area contributed by atoms with Gasteiger partial charge in [-0.05, 0) is 6.42 Å². The van der Waals surface area contributed by atoms with E-state index in [0.29, 0.717) is 6.54 Å². The molecule has 0 saturated carbocycles. The standard InChI is InChI=1S/C11H15N5/c1-3-10(2)6-16-8-11(13-14-16)7-15-5-4-12-9-15/h4-5,8-9H,2-3,6-7H2,1H3. The fourth-order valence-corrected chi connectivity index (χ4v) is 1.40. The van der Waals surface area contributed by atoms with E-state index in [9.17, 15) is 0 Å². The molecular formula is C11H15N5. The molecule has 0 saturated heterocycles. The number of allylic oxidation sites excluding steroid dienone is 1. The van der Waals surface area contributed by atoms with E-state index in [1.807, 2.05) is 21.6 Å². The largest absolute Gasteiger partial charge is 0.331 e. The van der Waals surface area contributed by atoms with Crippen molar-refractivity contribution in [2.75, 3.05) is 0 Å². The van der Waals surface area contributed by atoms with Crippen LogP contribution in [0.4, 0.5) is 0 Å². The molecule has 5 nitrogen and oxygen atoms in total. The monoisotopic (exact) mass is 217 g/mol. The van der Waals surface area contributed by atoms with Crippen LogP contribution in [-0.4, -0.2) is 24.5 Å². The predicted octanol–water partition coefficient (Wildman–Crippen LogP) is 1.49. The molecular weight excluding hydrogens is 202 g/mol. The average Bonchev–Trinajstić information content (AvgIpc) is 2.91. The van der Waals surface area contributed by atoms with Crippen molar-refractivity contribution in [3.8, 4) is 0 Å². The van der Waals surface area contributed by atoms with Crippen molar-refractivity contribution in [3.63, 3.8) is 0 Å². The highest BCUT2D eigenvalue weighted by Crippen LogP contribution is 2.02. The Morgan fingerprint density at radius 3 is 3.06 bits per heavy atom. The first-order valence-corrected chi connectivity index (χ1v) is 5.29. The van der Waals surface area contributed by atoms with Gasteiger partial charge in [-0.25, -0.2) is 9.67 Å². The Kier molecular flexibility index (Phi) is 3.14. The molecule has 0 N–H and O–H groups in total. The maximum Gasteiger partial charge on any atom is 0.102 e. The number of hydrogen-bond donors (Lipinski definition) is 0. The quantitative estimate of drug-likeness (QED) is 0.713. The molecule has 0 aliphatic heterocycles. The van der Waals surface area contributed by atoms with Gasteiger partial charge in [0.15, 0.2) is 0 Å². The van der Waals surface area contributed by atoms with E-state index < -0.39 is 0 Å². The summed E-state index contributed by atoms with van der Waals surface area (Å²) in [6.45, 7) is 7.49. The van der Waals surface area contributed by atoms with E-state index in [4.69, 9.17) is 0 Å². The highest BCUT2D eigenvalue weighted by molar-refractivity contribution is 4.98. The van der Waals surface area contributed by atoms with E-state index in [1.165, 1.54) is 0 Å². The molecule has 0 atom stereocenters. The Morgan fingerprint density at radius 1 is 1.50 bits per heavy atom. The fourth-order valence-electron chi connectivity index (χ4n) is 1.40. The Labute approximate surface area is 94.4 Å². The Morgan fingerprint density at radius 2 is 2.38 bits per heavy atom. The molecule has 2 aromatic rings. The Bertz CT molecular complexity index is 454. The number of aromatic nitrogens is 5. The molecule has 84 valence electrons. The lowest BCUT2D eigenvalue weighted by atomic mass is 10.2. The van der Waals surface area contributed by atoms with E-state index >= 15 is 0 Å². The molecule has 0 aromatic carbocycles. The van der Waals surface area contributed by atoms with Gasteiger partial charge in [-0.3, -0.25) is 0 Å². The zero-order valence-corrected chi connectivity index (χ0v) is 9.37. The van der Waals surface area contributed by atoms with Crippen molar-refractivity contribution in [2.45, 2.75) is 26.4 Å². The lowest BCUT2D eigenvalue weighted by molar-refractivity contribution is 0.631. The van der Waals surface area contributed by atoms with Crippen molar-refractivity contribution in [1.82, 2.24) is 24.5 Å². The van der Waals surface area contributed by atoms with Crippen LogP contribution in [0.15, 0.2) is 37.1 Å². The van der Waals surface area contributed by atoms with Crippen molar-refractivity contribution in [1.29, 1.82) is 0 Å². The topological polar surface area (TPSA) is 48.5 Å². The number of rotatable bonds is 5. The Balaban J connectivity index is 1.99. The third kappa shape index (κ3) is 2.56. The van der Waals surface area contributed by atoms with Crippen LogP contribution < -0.4 is 0 Å². The molecule has 0 fully saturated rings. The minimum Gasteiger partial charge on any atom is -0.331 e. The van der Waals surface area contributed by atoms with Crippen molar-refractivity contribution in [2.24, 2.45) is 0 Å². The summed E-state index contributed by atoms with van der Waals surface area (Å²) < 4.78 is 3.78. The van der Waals surface area contributed by atoms with Gasteiger partial charge in [-0.1, -0.05) is 24.3 Å². The lowest BCUT2D eigenvalue weighted by Crippen LogP contribution is -2.00. The van der Waals surface area contributed by atoms with E-state index in [-0.39, 0.29) is 0 Å². The second-order valence-corrected chi connectivity index (χ2v) is 3.75. The highest BCUT2D eigenvalue weighted by atomic mass is 15.4. The summed E-state index contributed by atoms with van der Waals surface area (Å²) in [5, 5.41) is 8.16. The van der Waals surface area contributed by atoms with Gasteiger partial charge in [0, 0.05) is 12.4 Å². The van der Waals surface area contributed by atoms with Crippen LogP contribution >= 0.6 is 0 Å². The number of imidazole rings is 1. The predicted molar refractivity (Wildman–Crippen MR) is 60.8 cm³/mol. The van der Waals surface area contributed by atoms with E-state index in [2.05, 4.69) is 28.8 Å². The molecule has 0 bridgehead atoms. The first-order chi connectivity index (χ1) is 7.78. The zero-order valence-electron chi connectivity index (χ0n) is 9.37. The maximum atomic E-state index is 4.10. The van der Waals surface area contributed by atoms with Gasteiger partial charge in [0.2, 0.25) is 0 Å². The minimum atomic E-state index is 0.707. The lowest BCUT2D eigenvalue weighted by Gasteiger charge is -2.00. The summed E-state index contributed by atoms with van der Waals surface area (Å²) >= 11 is 0. The van der Waals surface area contributed by atoms with Crippen LogP contribution in [-0.2, 0) is 13.1 Å². The van der Waals surface area contributed by atoms with Gasteiger partial charge < -0.3 is 4.57 Å². The third-order valence-corrected chi connectivity index (χ3v) is 2.38. The molecule has 0 amide bonds. The second kappa shape index (κ2) is 4.74. The van der Waals surface area contributed by atoms with Crippen LogP contribution in [0.3, 0.4) is 0 Å². The molecule has 0 unspecified atom stereocenters. The van der Waals surface area contributed by atoms with Crippen LogP contribution in [0, 0.1) is 0 Å². The first kappa shape index (κ1) is 10.6. The number of hydrogen-bond acceptors (Lipinski definition) is 3. The molecule has 2 heterocycles. The molecule has 0 spiro atoms. The normalized spacial score (nSPS) is 10.6. The van der Waals surface area contributed by atoms with Crippen LogP contribution in [0.2, 0.25) is 0 Å². The second-order valence-electron chi connectivity index (χ2n) is 3.75. The van der Waals surface area contributed by atoms with Crippen molar-refractivity contribution in [3.05, 3.63) is 42.8 Å². The maximum absolute atomic E-state index is 4.10. The van der Waals surface area contributed by atoms with Gasteiger partial charge >= 0.3 is 0 Å². The zero-order chi connectivity index (χ0) is 11.4. The van der Waals surface area contributed by atoms with Crippen LogP contribution in [0.5, 0.6) is 0 Å². The highest BCUT2D eigenvalue weighted by Gasteiger charge is 2.02. The van der Waals surface area contributed by atoms with Crippen LogP contribution in [0.1, 0.15) is 19.0 Å². The molecule has 0 radical (unpaired) electrons. The Hall–Kier alpha value is -1.91. The minimum absolute atomic E-state index is 0.707. The summed E-state index contributed by atoms with van der Waals surface area (Å²) in [7, 11) is 0. The molecule has 16 heavy (non-hydrogen) atoms. The van der Waals surface area contributed by atoms with Gasteiger partial charge in [0.05, 0.1) is 25.6 Å². The van der Waals surface area contributed by atoms with E-state index in [0.717, 1.165) is 24.2 Å². The van der Waals surface area contributed by atoms with Crippen molar-refractivity contribution < 1.29 is 0 Å². The average molecular weight is 217 g/mol. The summed E-state index contributed by atoms with van der Waals surface area (Å²) in [5.74, 6) is 0. The first-order valence-electron chi connectivity index (χ1n) is 5.29. The van der Waals surface area contributed by atoms with Gasteiger partial charge in [-0.2, -0.15) is 0 Å². The number of nitrogens with zero attached hydrogens (tertiary/aromatic N) is 5. The molecule has 2 rings (SSSR count). The molecule has 0 aliphatic rings. The third-order valence-electron chi connectivity index (χ3n) is 2.38. The van der Waals surface area contributed by atoms with Crippen LogP contribution in [0.25, 0.3) is 0 Å². The molecule has 2 aromatic heterocycles. The smallest absolute Gasteiger partial charge is 0.102 e. The van der Waals surface area contributed by atoms with Gasteiger partial charge in [0.1, 0.15) is 5.69 Å². The van der Waals surface area contributed by atoms with Gasteiger partial charge in [0.25, 0.3) is 0 Å². The molecule has 0 aliphatic carbocycles. The van der Waals surface area contributed by atoms with E-state index in [1.54, 1.807) is 12.5 Å². The SMILES string of the molecule is C=C(CC)Cn1cc(Cn2ccnc2)nn1. The van der Waals surface area contributed by atoms with Gasteiger partial charge in [-0.15, -0.1) is 5.10 Å². The fraction of sp³-hybridized carbons (Fsp3) is 0.364.